The highest BCUT2D eigenvalue weighted by molar-refractivity contribution is 7.09. The average Bonchev–Trinajstić information content (AvgIpc) is 2.89. The summed E-state index contributed by atoms with van der Waals surface area (Å²) in [4.78, 5) is 18.7. The van der Waals surface area contributed by atoms with E-state index in [1.165, 1.54) is 0 Å². The Balaban J connectivity index is 1.78. The largest absolute Gasteiger partial charge is 0.357 e. The standard InChI is InChI=1S/C11H13N3OS/c1-8-14-9(7-16-8)4-6-13-11(15)10-3-2-5-12-10/h2-3,5,7,12H,4,6H2,1H3,(H,13,15). The number of aromatic nitrogens is 2. The van der Waals surface area contributed by atoms with Crippen molar-refractivity contribution in [3.8, 4) is 0 Å². The van der Waals surface area contributed by atoms with E-state index in [2.05, 4.69) is 15.3 Å². The van der Waals surface area contributed by atoms with Gasteiger partial charge >= 0.3 is 0 Å². The number of nitrogens with one attached hydrogen (secondary N) is 2. The van der Waals surface area contributed by atoms with Crippen LogP contribution in [0.25, 0.3) is 0 Å². The van der Waals surface area contributed by atoms with Crippen LogP contribution in [0, 0.1) is 6.92 Å². The number of carbonyl (C=O) groups is 1. The second-order valence-electron chi connectivity index (χ2n) is 3.45. The smallest absolute Gasteiger partial charge is 0.267 e. The van der Waals surface area contributed by atoms with E-state index in [4.69, 9.17) is 0 Å². The Hall–Kier alpha value is -1.62. The van der Waals surface area contributed by atoms with Crippen LogP contribution < -0.4 is 5.32 Å². The topological polar surface area (TPSA) is 57.8 Å². The summed E-state index contributed by atoms with van der Waals surface area (Å²) in [6.07, 6.45) is 2.51. The van der Waals surface area contributed by atoms with E-state index in [-0.39, 0.29) is 5.91 Å². The molecule has 2 heterocycles. The van der Waals surface area contributed by atoms with Gasteiger partial charge in [-0.25, -0.2) is 4.98 Å². The third-order valence-electron chi connectivity index (χ3n) is 2.18. The number of aromatic amines is 1. The zero-order chi connectivity index (χ0) is 11.4. The number of carbonyl (C=O) groups excluding carboxylic acids is 1. The molecule has 5 heteroatoms. The average molecular weight is 235 g/mol. The summed E-state index contributed by atoms with van der Waals surface area (Å²) < 4.78 is 0. The van der Waals surface area contributed by atoms with Crippen LogP contribution in [0.2, 0.25) is 0 Å². The van der Waals surface area contributed by atoms with Gasteiger partial charge in [-0.1, -0.05) is 0 Å². The molecule has 16 heavy (non-hydrogen) atoms. The zero-order valence-electron chi connectivity index (χ0n) is 8.99. The van der Waals surface area contributed by atoms with E-state index in [1.54, 1.807) is 29.7 Å². The van der Waals surface area contributed by atoms with Crippen LogP contribution in [0.1, 0.15) is 21.2 Å². The predicted molar refractivity (Wildman–Crippen MR) is 63.7 cm³/mol. The normalized spacial score (nSPS) is 10.3. The van der Waals surface area contributed by atoms with Crippen LogP contribution in [-0.2, 0) is 6.42 Å². The lowest BCUT2D eigenvalue weighted by molar-refractivity contribution is 0.0949. The van der Waals surface area contributed by atoms with Gasteiger partial charge in [0.25, 0.3) is 5.91 Å². The third-order valence-corrected chi connectivity index (χ3v) is 3.00. The summed E-state index contributed by atoms with van der Waals surface area (Å²) in [5, 5.41) is 5.92. The molecule has 0 atom stereocenters. The van der Waals surface area contributed by atoms with E-state index in [1.807, 2.05) is 12.3 Å². The second kappa shape index (κ2) is 4.94. The molecule has 2 aromatic rings. The Bertz CT molecular complexity index is 461. The van der Waals surface area contributed by atoms with Gasteiger partial charge < -0.3 is 10.3 Å². The van der Waals surface area contributed by atoms with Crippen LogP contribution in [0.15, 0.2) is 23.7 Å². The van der Waals surface area contributed by atoms with E-state index >= 15 is 0 Å². The number of nitrogens with zero attached hydrogens (tertiary/aromatic N) is 1. The molecule has 0 aromatic carbocycles. The number of rotatable bonds is 4. The van der Waals surface area contributed by atoms with Gasteiger partial charge in [-0.05, 0) is 19.1 Å². The predicted octanol–water partition coefficient (Wildman–Crippen LogP) is 1.75. The molecule has 0 unspecified atom stereocenters. The third kappa shape index (κ3) is 2.70. The van der Waals surface area contributed by atoms with Crippen LogP contribution in [0.3, 0.4) is 0 Å². The van der Waals surface area contributed by atoms with Crippen molar-refractivity contribution in [2.45, 2.75) is 13.3 Å². The first-order chi connectivity index (χ1) is 7.75. The first-order valence-electron chi connectivity index (χ1n) is 5.08. The number of hydrogen-bond acceptors (Lipinski definition) is 3. The molecule has 0 aliphatic heterocycles. The maximum atomic E-state index is 11.5. The lowest BCUT2D eigenvalue weighted by Gasteiger charge is -2.01. The van der Waals surface area contributed by atoms with Crippen molar-refractivity contribution in [2.24, 2.45) is 0 Å². The number of amides is 1. The fourth-order valence-electron chi connectivity index (χ4n) is 1.39. The summed E-state index contributed by atoms with van der Waals surface area (Å²) in [5.41, 5.74) is 1.63. The molecule has 0 saturated heterocycles. The molecular weight excluding hydrogens is 222 g/mol. The van der Waals surface area contributed by atoms with Gasteiger partial charge in [-0.2, -0.15) is 0 Å². The maximum Gasteiger partial charge on any atom is 0.267 e. The Morgan fingerprint density at radius 2 is 2.50 bits per heavy atom. The number of thiazole rings is 1. The summed E-state index contributed by atoms with van der Waals surface area (Å²) in [6, 6.07) is 3.56. The number of aryl methyl sites for hydroxylation is 1. The summed E-state index contributed by atoms with van der Waals surface area (Å²) in [5.74, 6) is -0.0723. The molecule has 4 nitrogen and oxygen atoms in total. The molecule has 0 spiro atoms. The first kappa shape index (κ1) is 10.9. The van der Waals surface area contributed by atoms with Gasteiger partial charge in [-0.3, -0.25) is 4.79 Å². The highest BCUT2D eigenvalue weighted by Crippen LogP contribution is 2.07. The zero-order valence-corrected chi connectivity index (χ0v) is 9.80. The Morgan fingerprint density at radius 3 is 3.12 bits per heavy atom. The Labute approximate surface area is 97.7 Å². The van der Waals surface area contributed by atoms with Crippen LogP contribution in [-0.4, -0.2) is 22.4 Å². The Morgan fingerprint density at radius 1 is 1.62 bits per heavy atom. The van der Waals surface area contributed by atoms with Crippen molar-refractivity contribution in [1.82, 2.24) is 15.3 Å². The first-order valence-corrected chi connectivity index (χ1v) is 5.96. The van der Waals surface area contributed by atoms with Crippen molar-refractivity contribution in [3.63, 3.8) is 0 Å². The maximum absolute atomic E-state index is 11.5. The highest BCUT2D eigenvalue weighted by atomic mass is 32.1. The number of hydrogen-bond donors (Lipinski definition) is 2. The van der Waals surface area contributed by atoms with Gasteiger partial charge in [0.2, 0.25) is 0 Å². The van der Waals surface area contributed by atoms with Crippen molar-refractivity contribution in [2.75, 3.05) is 6.54 Å². The lowest BCUT2D eigenvalue weighted by Crippen LogP contribution is -2.25. The molecule has 2 rings (SSSR count). The minimum absolute atomic E-state index is 0.0723. The fourth-order valence-corrected chi connectivity index (χ4v) is 2.04. The molecule has 2 aromatic heterocycles. The molecule has 0 radical (unpaired) electrons. The second-order valence-corrected chi connectivity index (χ2v) is 4.51. The minimum Gasteiger partial charge on any atom is -0.357 e. The quantitative estimate of drug-likeness (QED) is 0.848. The van der Waals surface area contributed by atoms with E-state index in [0.717, 1.165) is 17.1 Å². The van der Waals surface area contributed by atoms with Crippen molar-refractivity contribution >= 4 is 17.2 Å². The summed E-state index contributed by atoms with van der Waals surface area (Å²) in [7, 11) is 0. The Kier molecular flexibility index (Phi) is 3.36. The monoisotopic (exact) mass is 235 g/mol. The van der Waals surface area contributed by atoms with Crippen molar-refractivity contribution < 1.29 is 4.79 Å². The lowest BCUT2D eigenvalue weighted by atomic mass is 10.3. The van der Waals surface area contributed by atoms with Crippen LogP contribution in [0.4, 0.5) is 0 Å². The van der Waals surface area contributed by atoms with Gasteiger partial charge in [-0.15, -0.1) is 11.3 Å². The van der Waals surface area contributed by atoms with Crippen LogP contribution in [0.5, 0.6) is 0 Å². The van der Waals surface area contributed by atoms with Gasteiger partial charge in [0.15, 0.2) is 0 Å². The molecule has 2 N–H and O–H groups in total. The SMILES string of the molecule is Cc1nc(CCNC(=O)c2ccc[nH]2)cs1. The van der Waals surface area contributed by atoms with E-state index in [9.17, 15) is 4.79 Å². The highest BCUT2D eigenvalue weighted by Gasteiger charge is 2.05. The van der Waals surface area contributed by atoms with Gasteiger partial charge in [0.1, 0.15) is 5.69 Å². The van der Waals surface area contributed by atoms with E-state index in [0.29, 0.717) is 12.2 Å². The van der Waals surface area contributed by atoms with Crippen LogP contribution >= 0.6 is 11.3 Å². The molecule has 0 bridgehead atoms. The molecule has 0 aliphatic rings. The minimum atomic E-state index is -0.0723. The van der Waals surface area contributed by atoms with Gasteiger partial charge in [0.05, 0.1) is 10.7 Å². The molecule has 1 amide bonds. The fraction of sp³-hybridized carbons (Fsp3) is 0.273. The van der Waals surface area contributed by atoms with E-state index < -0.39 is 0 Å². The molecule has 0 aliphatic carbocycles. The summed E-state index contributed by atoms with van der Waals surface area (Å²) >= 11 is 1.63. The van der Waals surface area contributed by atoms with Crippen molar-refractivity contribution in [3.05, 3.63) is 40.1 Å². The molecular formula is C11H13N3OS. The van der Waals surface area contributed by atoms with Crippen molar-refractivity contribution in [1.29, 1.82) is 0 Å². The number of H-pyrrole nitrogens is 1. The molecule has 0 saturated carbocycles. The van der Waals surface area contributed by atoms with Gasteiger partial charge in [0, 0.05) is 24.5 Å². The summed E-state index contributed by atoms with van der Waals surface area (Å²) in [6.45, 7) is 2.59. The molecule has 84 valence electrons. The molecule has 0 fully saturated rings.